The summed E-state index contributed by atoms with van der Waals surface area (Å²) in [6.45, 7) is 4.89. The zero-order chi connectivity index (χ0) is 9.86. The fourth-order valence-corrected chi connectivity index (χ4v) is 2.25. The summed E-state index contributed by atoms with van der Waals surface area (Å²) in [5.41, 5.74) is 2.89. The summed E-state index contributed by atoms with van der Waals surface area (Å²) in [5.74, 6) is 0. The van der Waals surface area contributed by atoms with E-state index in [4.69, 9.17) is 4.74 Å². The van der Waals surface area contributed by atoms with Gasteiger partial charge >= 0.3 is 0 Å². The average Bonchev–Trinajstić information content (AvgIpc) is 2.69. The molecule has 78 valence electrons. The van der Waals surface area contributed by atoms with Crippen molar-refractivity contribution < 1.29 is 4.74 Å². The zero-order valence-electron chi connectivity index (χ0n) is 8.45. The summed E-state index contributed by atoms with van der Waals surface area (Å²) in [5, 5.41) is 5.40. The third-order valence-corrected chi connectivity index (χ3v) is 3.25. The molecular formula is C10H16N2OS. The van der Waals surface area contributed by atoms with Crippen molar-refractivity contribution in [3.05, 3.63) is 16.6 Å². The van der Waals surface area contributed by atoms with Crippen LogP contribution in [0, 0.1) is 0 Å². The molecule has 0 aromatic carbocycles. The smallest absolute Gasteiger partial charge is 0.0904 e. The Morgan fingerprint density at radius 3 is 3.29 bits per heavy atom. The zero-order valence-corrected chi connectivity index (χ0v) is 9.27. The Morgan fingerprint density at radius 1 is 1.71 bits per heavy atom. The maximum atomic E-state index is 5.90. The molecule has 3 nitrogen and oxygen atoms in total. The van der Waals surface area contributed by atoms with Gasteiger partial charge in [0.2, 0.25) is 0 Å². The minimum atomic E-state index is 0.00185. The molecule has 2 heterocycles. The van der Waals surface area contributed by atoms with Crippen LogP contribution in [0.2, 0.25) is 0 Å². The maximum absolute atomic E-state index is 5.90. The lowest BCUT2D eigenvalue weighted by Gasteiger charge is -2.33. The van der Waals surface area contributed by atoms with E-state index in [2.05, 4.69) is 17.2 Å². The van der Waals surface area contributed by atoms with Gasteiger partial charge in [-0.3, -0.25) is 0 Å². The van der Waals surface area contributed by atoms with Gasteiger partial charge in [0.1, 0.15) is 0 Å². The number of nitrogens with zero attached hydrogens (tertiary/aromatic N) is 1. The van der Waals surface area contributed by atoms with Crippen molar-refractivity contribution in [1.82, 2.24) is 10.3 Å². The predicted octanol–water partition coefficient (Wildman–Crippen LogP) is 1.80. The van der Waals surface area contributed by atoms with Crippen LogP contribution in [0.5, 0.6) is 0 Å². The molecule has 2 rings (SSSR count). The van der Waals surface area contributed by atoms with E-state index in [0.717, 1.165) is 25.2 Å². The van der Waals surface area contributed by atoms with E-state index in [-0.39, 0.29) is 5.60 Å². The van der Waals surface area contributed by atoms with Gasteiger partial charge < -0.3 is 10.1 Å². The molecule has 0 spiro atoms. The summed E-state index contributed by atoms with van der Waals surface area (Å²) < 4.78 is 5.90. The number of rotatable bonds is 3. The van der Waals surface area contributed by atoms with E-state index in [9.17, 15) is 0 Å². The van der Waals surface area contributed by atoms with Crippen LogP contribution in [0.25, 0.3) is 0 Å². The number of thiazole rings is 1. The first-order chi connectivity index (χ1) is 6.79. The highest BCUT2D eigenvalue weighted by atomic mass is 32.1. The van der Waals surface area contributed by atoms with Crippen molar-refractivity contribution in [3.8, 4) is 0 Å². The number of piperidine rings is 1. The number of hydrogen-bond donors (Lipinski definition) is 1. The van der Waals surface area contributed by atoms with E-state index >= 15 is 0 Å². The average molecular weight is 212 g/mol. The molecule has 1 atom stereocenters. The van der Waals surface area contributed by atoms with Gasteiger partial charge in [0.05, 0.1) is 23.4 Å². The predicted molar refractivity (Wildman–Crippen MR) is 57.4 cm³/mol. The van der Waals surface area contributed by atoms with Crippen molar-refractivity contribution in [3.63, 3.8) is 0 Å². The topological polar surface area (TPSA) is 34.1 Å². The fourth-order valence-electron chi connectivity index (χ4n) is 1.71. The third-order valence-electron chi connectivity index (χ3n) is 2.61. The maximum Gasteiger partial charge on any atom is 0.0904 e. The molecule has 1 fully saturated rings. The number of ether oxygens (including phenoxy) is 1. The highest BCUT2D eigenvalue weighted by molar-refractivity contribution is 7.07. The minimum absolute atomic E-state index is 0.00185. The van der Waals surface area contributed by atoms with Crippen LogP contribution >= 0.6 is 11.3 Å². The monoisotopic (exact) mass is 212 g/mol. The summed E-state index contributed by atoms with van der Waals surface area (Å²) >= 11 is 1.62. The Labute approximate surface area is 88.5 Å². The highest BCUT2D eigenvalue weighted by Crippen LogP contribution is 2.21. The highest BCUT2D eigenvalue weighted by Gasteiger charge is 2.27. The number of aromatic nitrogens is 1. The Bertz CT molecular complexity index is 268. The fraction of sp³-hybridized carbons (Fsp3) is 0.700. The lowest BCUT2D eigenvalue weighted by Crippen LogP contribution is -2.45. The van der Waals surface area contributed by atoms with Crippen molar-refractivity contribution in [2.75, 3.05) is 13.1 Å². The first kappa shape index (κ1) is 10.1. The first-order valence-electron chi connectivity index (χ1n) is 5.00. The minimum Gasteiger partial charge on any atom is -0.368 e. The number of nitrogens with one attached hydrogen (secondary N) is 1. The Balaban J connectivity index is 1.84. The van der Waals surface area contributed by atoms with Gasteiger partial charge in [-0.2, -0.15) is 0 Å². The lowest BCUT2D eigenvalue weighted by molar-refractivity contribution is -0.0581. The molecule has 1 aliphatic rings. The number of hydrogen-bond acceptors (Lipinski definition) is 4. The molecule has 1 unspecified atom stereocenters. The van der Waals surface area contributed by atoms with Gasteiger partial charge in [-0.1, -0.05) is 0 Å². The molecule has 4 heteroatoms. The summed E-state index contributed by atoms with van der Waals surface area (Å²) in [6, 6.07) is 0. The Morgan fingerprint density at radius 2 is 2.64 bits per heavy atom. The van der Waals surface area contributed by atoms with E-state index in [1.54, 1.807) is 11.3 Å². The van der Waals surface area contributed by atoms with Gasteiger partial charge in [0.15, 0.2) is 0 Å². The molecule has 1 aromatic rings. The molecule has 1 aromatic heterocycles. The summed E-state index contributed by atoms with van der Waals surface area (Å²) in [7, 11) is 0. The molecule has 0 bridgehead atoms. The van der Waals surface area contributed by atoms with Crippen molar-refractivity contribution >= 4 is 11.3 Å². The summed E-state index contributed by atoms with van der Waals surface area (Å²) in [6.07, 6.45) is 2.34. The summed E-state index contributed by atoms with van der Waals surface area (Å²) in [4.78, 5) is 4.20. The van der Waals surface area contributed by atoms with Crippen molar-refractivity contribution in [2.45, 2.75) is 32.0 Å². The Hall–Kier alpha value is -0.450. The van der Waals surface area contributed by atoms with Gasteiger partial charge in [0.25, 0.3) is 0 Å². The van der Waals surface area contributed by atoms with Crippen LogP contribution in [0.3, 0.4) is 0 Å². The molecule has 1 N–H and O–H groups in total. The molecule has 14 heavy (non-hydrogen) atoms. The van der Waals surface area contributed by atoms with Gasteiger partial charge in [-0.15, -0.1) is 11.3 Å². The van der Waals surface area contributed by atoms with E-state index in [1.165, 1.54) is 6.42 Å². The molecule has 0 radical (unpaired) electrons. The Kier molecular flexibility index (Phi) is 3.15. The van der Waals surface area contributed by atoms with Gasteiger partial charge in [-0.05, 0) is 26.3 Å². The van der Waals surface area contributed by atoms with Crippen LogP contribution in [0.4, 0.5) is 0 Å². The van der Waals surface area contributed by atoms with Crippen LogP contribution in [0.15, 0.2) is 10.9 Å². The normalized spacial score (nSPS) is 27.8. The second kappa shape index (κ2) is 4.38. The van der Waals surface area contributed by atoms with E-state index < -0.39 is 0 Å². The van der Waals surface area contributed by atoms with Crippen molar-refractivity contribution in [2.24, 2.45) is 0 Å². The molecular weight excluding hydrogens is 196 g/mol. The van der Waals surface area contributed by atoms with Crippen LogP contribution in [-0.4, -0.2) is 23.7 Å². The van der Waals surface area contributed by atoms with Crippen LogP contribution in [-0.2, 0) is 11.3 Å². The van der Waals surface area contributed by atoms with Gasteiger partial charge in [-0.25, -0.2) is 4.98 Å². The van der Waals surface area contributed by atoms with E-state index in [0.29, 0.717) is 6.61 Å². The van der Waals surface area contributed by atoms with Crippen LogP contribution < -0.4 is 5.32 Å². The largest absolute Gasteiger partial charge is 0.368 e. The standard InChI is InChI=1S/C10H16N2OS/c1-10(3-2-4-11-7-10)13-5-9-6-14-8-12-9/h6,8,11H,2-5,7H2,1H3. The SMILES string of the molecule is CC1(OCc2cscn2)CCCNC1. The van der Waals surface area contributed by atoms with Gasteiger partial charge in [0, 0.05) is 11.9 Å². The molecule has 1 aliphatic heterocycles. The molecule has 1 saturated heterocycles. The quantitative estimate of drug-likeness (QED) is 0.829. The lowest BCUT2D eigenvalue weighted by atomic mass is 9.96. The first-order valence-corrected chi connectivity index (χ1v) is 5.95. The van der Waals surface area contributed by atoms with Crippen LogP contribution in [0.1, 0.15) is 25.5 Å². The molecule has 0 saturated carbocycles. The second-order valence-electron chi connectivity index (χ2n) is 4.00. The third kappa shape index (κ3) is 2.53. The van der Waals surface area contributed by atoms with Crippen molar-refractivity contribution in [1.29, 1.82) is 0 Å². The molecule has 0 amide bonds. The van der Waals surface area contributed by atoms with E-state index in [1.807, 2.05) is 10.9 Å². The molecule has 0 aliphatic carbocycles. The second-order valence-corrected chi connectivity index (χ2v) is 4.72.